The van der Waals surface area contributed by atoms with Gasteiger partial charge in [0.05, 0.1) is 19.8 Å². The Bertz CT molecular complexity index is 364. The van der Waals surface area contributed by atoms with Gasteiger partial charge in [0.25, 0.3) is 0 Å². The summed E-state index contributed by atoms with van der Waals surface area (Å²) >= 11 is 6.58. The smallest absolute Gasteiger partial charge is 0.172 e. The Hall–Kier alpha value is -0.550. The molecule has 0 aliphatic carbocycles. The van der Waals surface area contributed by atoms with Crippen LogP contribution in [0.3, 0.4) is 0 Å². The van der Waals surface area contributed by atoms with Crippen LogP contribution in [0, 0.1) is 0 Å². The van der Waals surface area contributed by atoms with Crippen LogP contribution in [-0.4, -0.2) is 20.5 Å². The molecule has 0 aliphatic heterocycles. The van der Waals surface area contributed by atoms with Crippen molar-refractivity contribution in [2.75, 3.05) is 14.2 Å². The second kappa shape index (κ2) is 4.79. The lowest BCUT2D eigenvalue weighted by Crippen LogP contribution is -1.96. The molecule has 0 spiro atoms. The highest BCUT2D eigenvalue weighted by Gasteiger charge is 2.16. The van der Waals surface area contributed by atoms with E-state index in [-0.39, 0.29) is 0 Å². The fraction of sp³-hybridized carbons (Fsp3) is 0.222. The van der Waals surface area contributed by atoms with E-state index < -0.39 is 0 Å². The molecular weight excluding hydrogens is 316 g/mol. The van der Waals surface area contributed by atoms with Crippen LogP contribution in [-0.2, 0) is 0 Å². The predicted molar refractivity (Wildman–Crippen MR) is 60.3 cm³/mol. The molecule has 0 saturated carbocycles. The van der Waals surface area contributed by atoms with Crippen LogP contribution in [0.4, 0.5) is 0 Å². The maximum absolute atomic E-state index is 10.8. The van der Waals surface area contributed by atoms with Gasteiger partial charge in [0, 0.05) is 8.95 Å². The van der Waals surface area contributed by atoms with Crippen LogP contribution >= 0.6 is 31.9 Å². The van der Waals surface area contributed by atoms with Crippen LogP contribution < -0.4 is 9.47 Å². The Morgan fingerprint density at radius 2 is 1.93 bits per heavy atom. The molecule has 0 atom stereocenters. The summed E-state index contributed by atoms with van der Waals surface area (Å²) in [6.07, 6.45) is 0.718. The lowest BCUT2D eigenvalue weighted by molar-refractivity contribution is 0.111. The van der Waals surface area contributed by atoms with Gasteiger partial charge < -0.3 is 9.47 Å². The summed E-state index contributed by atoms with van der Waals surface area (Å²) in [5.74, 6) is 0.947. The first kappa shape index (κ1) is 11.5. The SMILES string of the molecule is COc1cc(Br)c(Br)c(C=O)c1OC. The minimum absolute atomic E-state index is 0.428. The maximum Gasteiger partial charge on any atom is 0.172 e. The highest BCUT2D eigenvalue weighted by atomic mass is 79.9. The van der Waals surface area contributed by atoms with Crippen molar-refractivity contribution in [1.82, 2.24) is 0 Å². The summed E-state index contributed by atoms with van der Waals surface area (Å²) in [6.45, 7) is 0. The number of hydrogen-bond donors (Lipinski definition) is 0. The van der Waals surface area contributed by atoms with Crippen molar-refractivity contribution in [2.45, 2.75) is 0 Å². The average molecular weight is 324 g/mol. The number of rotatable bonds is 3. The molecule has 0 unspecified atom stereocenters. The van der Waals surface area contributed by atoms with Crippen LogP contribution in [0.15, 0.2) is 15.0 Å². The Morgan fingerprint density at radius 3 is 2.36 bits per heavy atom. The van der Waals surface area contributed by atoms with Gasteiger partial charge in [-0.15, -0.1) is 0 Å². The summed E-state index contributed by atoms with van der Waals surface area (Å²) < 4.78 is 11.6. The molecule has 0 aromatic heterocycles. The topological polar surface area (TPSA) is 35.5 Å². The third kappa shape index (κ3) is 1.93. The van der Waals surface area contributed by atoms with E-state index in [2.05, 4.69) is 31.9 Å². The number of halogens is 2. The van der Waals surface area contributed by atoms with Gasteiger partial charge in [-0.3, -0.25) is 4.79 Å². The zero-order valence-electron chi connectivity index (χ0n) is 7.64. The molecule has 1 aromatic rings. The van der Waals surface area contributed by atoms with Crippen molar-refractivity contribution < 1.29 is 14.3 Å². The molecule has 0 amide bonds. The number of ether oxygens (including phenoxy) is 2. The average Bonchev–Trinajstić information content (AvgIpc) is 2.20. The van der Waals surface area contributed by atoms with Gasteiger partial charge in [-0.1, -0.05) is 0 Å². The number of methoxy groups -OCH3 is 2. The van der Waals surface area contributed by atoms with Crippen LogP contribution in [0.25, 0.3) is 0 Å². The van der Waals surface area contributed by atoms with Gasteiger partial charge in [-0.2, -0.15) is 0 Å². The maximum atomic E-state index is 10.8. The summed E-state index contributed by atoms with van der Waals surface area (Å²) in [4.78, 5) is 10.8. The van der Waals surface area contributed by atoms with Crippen LogP contribution in [0.2, 0.25) is 0 Å². The lowest BCUT2D eigenvalue weighted by atomic mass is 10.2. The van der Waals surface area contributed by atoms with Gasteiger partial charge >= 0.3 is 0 Å². The Morgan fingerprint density at radius 1 is 1.29 bits per heavy atom. The second-order valence-electron chi connectivity index (χ2n) is 2.44. The number of carbonyl (C=O) groups excluding carboxylic acids is 1. The molecule has 0 bridgehead atoms. The van der Waals surface area contributed by atoms with E-state index in [4.69, 9.17) is 9.47 Å². The van der Waals surface area contributed by atoms with Crippen molar-refractivity contribution >= 4 is 38.1 Å². The Kier molecular flexibility index (Phi) is 3.95. The number of benzene rings is 1. The first-order valence-electron chi connectivity index (χ1n) is 3.70. The molecule has 1 rings (SSSR count). The molecule has 3 nitrogen and oxygen atoms in total. The minimum Gasteiger partial charge on any atom is -0.493 e. The highest BCUT2D eigenvalue weighted by Crippen LogP contribution is 2.39. The quantitative estimate of drug-likeness (QED) is 0.802. The molecule has 0 N–H and O–H groups in total. The molecule has 0 saturated heterocycles. The van der Waals surface area contributed by atoms with Crippen molar-refractivity contribution in [2.24, 2.45) is 0 Å². The van der Waals surface area contributed by atoms with E-state index in [0.717, 1.165) is 10.8 Å². The molecular formula is C9H8Br2O3. The van der Waals surface area contributed by atoms with Crippen LogP contribution in [0.1, 0.15) is 10.4 Å². The lowest BCUT2D eigenvalue weighted by Gasteiger charge is -2.11. The largest absolute Gasteiger partial charge is 0.493 e. The first-order valence-corrected chi connectivity index (χ1v) is 5.29. The zero-order chi connectivity index (χ0) is 10.7. The third-order valence-electron chi connectivity index (χ3n) is 1.71. The van der Waals surface area contributed by atoms with Crippen molar-refractivity contribution in [3.63, 3.8) is 0 Å². The molecule has 0 aliphatic rings. The van der Waals surface area contributed by atoms with E-state index in [9.17, 15) is 4.79 Å². The van der Waals surface area contributed by atoms with E-state index in [0.29, 0.717) is 21.5 Å². The molecule has 5 heteroatoms. The Labute approximate surface area is 98.6 Å². The van der Waals surface area contributed by atoms with Gasteiger partial charge in [0.15, 0.2) is 17.8 Å². The fourth-order valence-electron chi connectivity index (χ4n) is 1.07. The monoisotopic (exact) mass is 322 g/mol. The van der Waals surface area contributed by atoms with Crippen molar-refractivity contribution in [3.05, 3.63) is 20.6 Å². The van der Waals surface area contributed by atoms with Gasteiger partial charge in [0.2, 0.25) is 0 Å². The number of hydrogen-bond acceptors (Lipinski definition) is 3. The number of aldehydes is 1. The van der Waals surface area contributed by atoms with E-state index in [1.165, 1.54) is 14.2 Å². The predicted octanol–water partition coefficient (Wildman–Crippen LogP) is 3.04. The highest BCUT2D eigenvalue weighted by molar-refractivity contribution is 9.13. The van der Waals surface area contributed by atoms with Crippen molar-refractivity contribution in [1.29, 1.82) is 0 Å². The summed E-state index contributed by atoms with van der Waals surface area (Å²) in [7, 11) is 3.01. The van der Waals surface area contributed by atoms with Gasteiger partial charge in [0.1, 0.15) is 0 Å². The molecule has 1 aromatic carbocycles. The summed E-state index contributed by atoms with van der Waals surface area (Å²) in [5, 5.41) is 0. The van der Waals surface area contributed by atoms with E-state index in [1.54, 1.807) is 6.07 Å². The molecule has 0 heterocycles. The molecule has 0 fully saturated rings. The standard InChI is InChI=1S/C9H8Br2O3/c1-13-7-3-6(10)8(11)5(4-12)9(7)14-2/h3-4H,1-2H3. The third-order valence-corrected chi connectivity index (χ3v) is 3.73. The molecule has 14 heavy (non-hydrogen) atoms. The van der Waals surface area contributed by atoms with E-state index in [1.807, 2.05) is 0 Å². The van der Waals surface area contributed by atoms with E-state index >= 15 is 0 Å². The summed E-state index contributed by atoms with van der Waals surface area (Å²) in [5.41, 5.74) is 0.429. The Balaban J connectivity index is 3.49. The molecule has 0 radical (unpaired) electrons. The summed E-state index contributed by atoms with van der Waals surface area (Å²) in [6, 6.07) is 1.73. The fourth-order valence-corrected chi connectivity index (χ4v) is 1.88. The number of carbonyl (C=O) groups is 1. The minimum atomic E-state index is 0.428. The molecule has 76 valence electrons. The van der Waals surface area contributed by atoms with Gasteiger partial charge in [-0.05, 0) is 37.9 Å². The van der Waals surface area contributed by atoms with Gasteiger partial charge in [-0.25, -0.2) is 0 Å². The first-order chi connectivity index (χ1) is 6.65. The van der Waals surface area contributed by atoms with Crippen LogP contribution in [0.5, 0.6) is 11.5 Å². The normalized spacial score (nSPS) is 9.71. The zero-order valence-corrected chi connectivity index (χ0v) is 10.8. The van der Waals surface area contributed by atoms with Crippen molar-refractivity contribution in [3.8, 4) is 11.5 Å². The second-order valence-corrected chi connectivity index (χ2v) is 4.09.